The number of Topliss-reactive ketones (excluding diaryl/α,β-unsaturated/α-hetero) is 1. The Labute approximate surface area is 133 Å². The topological polar surface area (TPSA) is 81.2 Å². The molecule has 1 aliphatic rings. The third-order valence-electron chi connectivity index (χ3n) is 3.35. The smallest absolute Gasteiger partial charge is 0.451 e. The first-order chi connectivity index (χ1) is 11.4. The van der Waals surface area contributed by atoms with Gasteiger partial charge in [-0.3, -0.25) is 9.59 Å². The Bertz CT molecular complexity index is 791. The van der Waals surface area contributed by atoms with Crippen LogP contribution < -0.4 is 10.1 Å². The highest BCUT2D eigenvalue weighted by Gasteiger charge is 2.35. The minimum Gasteiger partial charge on any atom is -0.490 e. The molecular formula is C15H10F3N3O3. The Hall–Kier alpha value is -2.97. The first kappa shape index (κ1) is 15.9. The number of para-hydroxylation sites is 1. The van der Waals surface area contributed by atoms with Crippen LogP contribution in [0.2, 0.25) is 0 Å². The Balaban J connectivity index is 1.73. The van der Waals surface area contributed by atoms with Crippen LogP contribution in [-0.2, 0) is 6.18 Å². The van der Waals surface area contributed by atoms with Crippen LogP contribution in [-0.4, -0.2) is 34.3 Å². The first-order valence-electron chi connectivity index (χ1n) is 6.82. The molecule has 1 N–H and O–H groups in total. The largest absolute Gasteiger partial charge is 0.490 e. The predicted molar refractivity (Wildman–Crippen MR) is 74.6 cm³/mol. The number of nitrogens with one attached hydrogen (secondary N) is 1. The molecule has 0 bridgehead atoms. The van der Waals surface area contributed by atoms with Gasteiger partial charge in [0.05, 0.1) is 11.1 Å². The Kier molecular flexibility index (Phi) is 3.92. The number of benzene rings is 1. The molecule has 1 amide bonds. The maximum absolute atomic E-state index is 12.4. The van der Waals surface area contributed by atoms with Gasteiger partial charge in [-0.2, -0.15) is 13.2 Å². The molecule has 0 saturated carbocycles. The number of hydrogen-bond acceptors (Lipinski definition) is 5. The monoisotopic (exact) mass is 337 g/mol. The number of alkyl halides is 3. The van der Waals surface area contributed by atoms with Crippen molar-refractivity contribution < 1.29 is 27.5 Å². The van der Waals surface area contributed by atoms with E-state index in [1.165, 1.54) is 0 Å². The van der Waals surface area contributed by atoms with Gasteiger partial charge in [-0.15, -0.1) is 0 Å². The molecular weight excluding hydrogens is 327 g/mol. The van der Waals surface area contributed by atoms with E-state index in [2.05, 4.69) is 15.3 Å². The lowest BCUT2D eigenvalue weighted by Crippen LogP contribution is -2.47. The molecule has 3 rings (SSSR count). The number of aromatic nitrogens is 2. The molecule has 0 radical (unpaired) electrons. The second-order valence-electron chi connectivity index (χ2n) is 4.99. The predicted octanol–water partition coefficient (Wildman–Crippen LogP) is 1.87. The standard InChI is InChI=1S/C15H10F3N3O3/c16-15(17,18)14-19-5-8(6-20-14)13(23)21-10-7-24-11-4-2-1-3-9(11)12(10)22/h1-6,10H,7H2,(H,21,23). The fourth-order valence-corrected chi connectivity index (χ4v) is 2.17. The average molecular weight is 337 g/mol. The molecule has 1 unspecified atom stereocenters. The summed E-state index contributed by atoms with van der Waals surface area (Å²) in [6.07, 6.45) is -3.17. The van der Waals surface area contributed by atoms with Gasteiger partial charge in [0.1, 0.15) is 18.4 Å². The van der Waals surface area contributed by atoms with Crippen LogP contribution in [0.4, 0.5) is 13.2 Å². The molecule has 0 spiro atoms. The molecule has 124 valence electrons. The summed E-state index contributed by atoms with van der Waals surface area (Å²) < 4.78 is 42.6. The van der Waals surface area contributed by atoms with Gasteiger partial charge in [0.15, 0.2) is 5.78 Å². The van der Waals surface area contributed by atoms with Crippen molar-refractivity contribution in [3.05, 3.63) is 53.6 Å². The van der Waals surface area contributed by atoms with Crippen molar-refractivity contribution in [3.8, 4) is 5.75 Å². The lowest BCUT2D eigenvalue weighted by molar-refractivity contribution is -0.145. The van der Waals surface area contributed by atoms with Gasteiger partial charge in [-0.25, -0.2) is 9.97 Å². The van der Waals surface area contributed by atoms with Crippen LogP contribution in [0.15, 0.2) is 36.7 Å². The van der Waals surface area contributed by atoms with Gasteiger partial charge in [0, 0.05) is 12.4 Å². The second kappa shape index (κ2) is 5.91. The third kappa shape index (κ3) is 3.05. The van der Waals surface area contributed by atoms with E-state index in [9.17, 15) is 22.8 Å². The molecule has 2 aromatic rings. The molecule has 6 nitrogen and oxygen atoms in total. The summed E-state index contributed by atoms with van der Waals surface area (Å²) in [6.45, 7) is -0.0664. The van der Waals surface area contributed by atoms with Crippen molar-refractivity contribution in [1.82, 2.24) is 15.3 Å². The summed E-state index contributed by atoms with van der Waals surface area (Å²) >= 11 is 0. The summed E-state index contributed by atoms with van der Waals surface area (Å²) in [5.41, 5.74) is 0.146. The van der Waals surface area contributed by atoms with Gasteiger partial charge < -0.3 is 10.1 Å². The minimum atomic E-state index is -4.69. The van der Waals surface area contributed by atoms with Crippen molar-refractivity contribution in [2.75, 3.05) is 6.61 Å². The molecule has 1 aromatic carbocycles. The zero-order chi connectivity index (χ0) is 17.3. The maximum Gasteiger partial charge on any atom is 0.451 e. The van der Waals surface area contributed by atoms with Crippen molar-refractivity contribution in [2.24, 2.45) is 0 Å². The van der Waals surface area contributed by atoms with E-state index in [1.54, 1.807) is 24.3 Å². The average Bonchev–Trinajstić information content (AvgIpc) is 2.57. The molecule has 1 aromatic heterocycles. The summed E-state index contributed by atoms with van der Waals surface area (Å²) in [4.78, 5) is 30.6. The summed E-state index contributed by atoms with van der Waals surface area (Å²) in [5, 5.41) is 2.41. The third-order valence-corrected chi connectivity index (χ3v) is 3.35. The van der Waals surface area contributed by atoms with Crippen molar-refractivity contribution in [1.29, 1.82) is 0 Å². The zero-order valence-corrected chi connectivity index (χ0v) is 12.0. The molecule has 24 heavy (non-hydrogen) atoms. The van der Waals surface area contributed by atoms with E-state index in [1.807, 2.05) is 0 Å². The second-order valence-corrected chi connectivity index (χ2v) is 4.99. The minimum absolute atomic E-state index is 0.0664. The number of ketones is 1. The number of carbonyl (C=O) groups is 2. The maximum atomic E-state index is 12.4. The fourth-order valence-electron chi connectivity index (χ4n) is 2.17. The number of carbonyl (C=O) groups excluding carboxylic acids is 2. The number of amides is 1. The Morgan fingerprint density at radius 3 is 2.54 bits per heavy atom. The highest BCUT2D eigenvalue weighted by atomic mass is 19.4. The lowest BCUT2D eigenvalue weighted by Gasteiger charge is -2.24. The zero-order valence-electron chi connectivity index (χ0n) is 12.0. The number of hydrogen-bond donors (Lipinski definition) is 1. The van der Waals surface area contributed by atoms with Gasteiger partial charge in [0.25, 0.3) is 5.91 Å². The van der Waals surface area contributed by atoms with Crippen LogP contribution in [0.3, 0.4) is 0 Å². The Morgan fingerprint density at radius 1 is 1.21 bits per heavy atom. The molecule has 0 fully saturated rings. The highest BCUT2D eigenvalue weighted by Crippen LogP contribution is 2.26. The van der Waals surface area contributed by atoms with Crippen molar-refractivity contribution in [3.63, 3.8) is 0 Å². The van der Waals surface area contributed by atoms with Crippen molar-refractivity contribution in [2.45, 2.75) is 12.2 Å². The first-order valence-corrected chi connectivity index (χ1v) is 6.82. The number of rotatable bonds is 2. The van der Waals surface area contributed by atoms with Crippen LogP contribution >= 0.6 is 0 Å². The Morgan fingerprint density at radius 2 is 1.88 bits per heavy atom. The van der Waals surface area contributed by atoms with E-state index in [-0.39, 0.29) is 18.0 Å². The number of halogens is 3. The molecule has 0 saturated heterocycles. The van der Waals surface area contributed by atoms with E-state index in [0.29, 0.717) is 11.3 Å². The molecule has 1 atom stereocenters. The van der Waals surface area contributed by atoms with E-state index in [0.717, 1.165) is 12.4 Å². The number of ether oxygens (including phenoxy) is 1. The highest BCUT2D eigenvalue weighted by molar-refractivity contribution is 6.06. The van der Waals surface area contributed by atoms with Gasteiger partial charge in [0.2, 0.25) is 5.82 Å². The molecule has 1 aliphatic heterocycles. The van der Waals surface area contributed by atoms with Crippen LogP contribution in [0.25, 0.3) is 0 Å². The van der Waals surface area contributed by atoms with Crippen molar-refractivity contribution >= 4 is 11.7 Å². The van der Waals surface area contributed by atoms with E-state index in [4.69, 9.17) is 4.74 Å². The van der Waals surface area contributed by atoms with Gasteiger partial charge >= 0.3 is 6.18 Å². The molecule has 2 heterocycles. The fraction of sp³-hybridized carbons (Fsp3) is 0.200. The van der Waals surface area contributed by atoms with Gasteiger partial charge in [-0.05, 0) is 12.1 Å². The number of nitrogens with zero attached hydrogens (tertiary/aromatic N) is 2. The van der Waals surface area contributed by atoms with Crippen LogP contribution in [0.1, 0.15) is 26.5 Å². The number of fused-ring (bicyclic) bond motifs is 1. The summed E-state index contributed by atoms with van der Waals surface area (Å²) in [6, 6.07) is 5.64. The lowest BCUT2D eigenvalue weighted by atomic mass is 10.0. The van der Waals surface area contributed by atoms with Gasteiger partial charge in [-0.1, -0.05) is 12.1 Å². The molecule has 0 aliphatic carbocycles. The normalized spacial score (nSPS) is 17.0. The van der Waals surface area contributed by atoms with Crippen LogP contribution in [0.5, 0.6) is 5.75 Å². The quantitative estimate of drug-likeness (QED) is 0.905. The molecule has 9 heteroatoms. The summed E-state index contributed by atoms with van der Waals surface area (Å²) in [7, 11) is 0. The van der Waals surface area contributed by atoms with E-state index < -0.39 is 23.9 Å². The van der Waals surface area contributed by atoms with Crippen LogP contribution in [0, 0.1) is 0 Å². The van der Waals surface area contributed by atoms with E-state index >= 15 is 0 Å². The summed E-state index contributed by atoms with van der Waals surface area (Å²) in [5.74, 6) is -2.01. The SMILES string of the molecule is O=C(NC1COc2ccccc2C1=O)c1cnc(C(F)(F)F)nc1.